The van der Waals surface area contributed by atoms with Gasteiger partial charge in [0.05, 0.1) is 0 Å². The number of Topliss-reactive ketones (excluding diaryl/α,β-unsaturated/α-hetero) is 1. The smallest absolute Gasteiger partial charge is 0.161 e. The fourth-order valence-corrected chi connectivity index (χ4v) is 4.60. The Morgan fingerprint density at radius 3 is 2.44 bits per heavy atom. The Balaban J connectivity index is 2.07. The molecule has 0 unspecified atom stereocenters. The Morgan fingerprint density at radius 2 is 1.88 bits per heavy atom. The van der Waals surface area contributed by atoms with E-state index in [1.807, 2.05) is 0 Å². The van der Waals surface area contributed by atoms with Crippen molar-refractivity contribution >= 4 is 5.78 Å². The molecular weight excluding hydrogens is 196 g/mol. The summed E-state index contributed by atoms with van der Waals surface area (Å²) < 4.78 is 0. The summed E-state index contributed by atoms with van der Waals surface area (Å²) in [6, 6.07) is 0. The molecule has 2 fully saturated rings. The van der Waals surface area contributed by atoms with Crippen LogP contribution in [0.3, 0.4) is 0 Å². The minimum atomic E-state index is 0.337. The lowest BCUT2D eigenvalue weighted by Gasteiger charge is -2.52. The molecule has 0 aromatic carbocycles. The van der Waals surface area contributed by atoms with Gasteiger partial charge in [-0.3, -0.25) is 4.79 Å². The number of ketones is 1. The van der Waals surface area contributed by atoms with Gasteiger partial charge < -0.3 is 0 Å². The van der Waals surface area contributed by atoms with Gasteiger partial charge in [0, 0.05) is 5.92 Å². The molecule has 0 bridgehead atoms. The van der Waals surface area contributed by atoms with E-state index in [-0.39, 0.29) is 0 Å². The van der Waals surface area contributed by atoms with Gasteiger partial charge in [0.15, 0.2) is 5.78 Å². The SMILES string of the molecule is CC1=C2CC[C@]2(C)[C@H]2CC(C)(C)C[C@H]2C1=O. The molecule has 2 saturated carbocycles. The summed E-state index contributed by atoms with van der Waals surface area (Å²) in [6.45, 7) is 9.13. The van der Waals surface area contributed by atoms with Gasteiger partial charge in [0.2, 0.25) is 0 Å². The first-order valence-corrected chi connectivity index (χ1v) is 6.60. The fraction of sp³-hybridized carbons (Fsp3) is 0.800. The highest BCUT2D eigenvalue weighted by Gasteiger charge is 2.58. The summed E-state index contributed by atoms with van der Waals surface area (Å²) in [5.41, 5.74) is 3.37. The molecule has 0 amide bonds. The van der Waals surface area contributed by atoms with Crippen molar-refractivity contribution in [1.82, 2.24) is 0 Å². The van der Waals surface area contributed by atoms with E-state index in [0.29, 0.717) is 28.4 Å². The van der Waals surface area contributed by atoms with E-state index >= 15 is 0 Å². The van der Waals surface area contributed by atoms with Gasteiger partial charge in [-0.25, -0.2) is 0 Å². The maximum absolute atomic E-state index is 12.4. The second-order valence-corrected chi connectivity index (χ2v) is 7.17. The average molecular weight is 218 g/mol. The molecule has 0 aromatic rings. The molecule has 88 valence electrons. The number of allylic oxidation sites excluding steroid dienone is 2. The maximum atomic E-state index is 12.4. The van der Waals surface area contributed by atoms with Crippen LogP contribution in [0, 0.1) is 22.7 Å². The summed E-state index contributed by atoms with van der Waals surface area (Å²) in [4.78, 5) is 12.4. The molecule has 0 heterocycles. The first-order chi connectivity index (χ1) is 7.35. The van der Waals surface area contributed by atoms with Gasteiger partial charge in [-0.2, -0.15) is 0 Å². The van der Waals surface area contributed by atoms with Crippen molar-refractivity contribution in [3.8, 4) is 0 Å². The highest BCUT2D eigenvalue weighted by Crippen LogP contribution is 2.65. The Hall–Kier alpha value is -0.590. The molecule has 16 heavy (non-hydrogen) atoms. The number of hydrogen-bond acceptors (Lipinski definition) is 1. The third-order valence-electron chi connectivity index (χ3n) is 5.59. The van der Waals surface area contributed by atoms with Crippen LogP contribution in [-0.2, 0) is 4.79 Å². The van der Waals surface area contributed by atoms with Gasteiger partial charge in [-0.15, -0.1) is 0 Å². The molecule has 0 radical (unpaired) electrons. The van der Waals surface area contributed by atoms with Crippen LogP contribution < -0.4 is 0 Å². The Kier molecular flexibility index (Phi) is 1.85. The van der Waals surface area contributed by atoms with Crippen LogP contribution in [0.15, 0.2) is 11.1 Å². The van der Waals surface area contributed by atoms with Crippen LogP contribution in [-0.4, -0.2) is 5.78 Å². The number of carbonyl (C=O) groups is 1. The number of carbonyl (C=O) groups excluding carboxylic acids is 1. The second kappa shape index (κ2) is 2.80. The average Bonchev–Trinajstić information content (AvgIpc) is 2.49. The molecule has 1 nitrogen and oxygen atoms in total. The molecule has 3 aliphatic carbocycles. The highest BCUT2D eigenvalue weighted by atomic mass is 16.1. The van der Waals surface area contributed by atoms with Gasteiger partial charge in [-0.1, -0.05) is 26.3 Å². The van der Waals surface area contributed by atoms with Gasteiger partial charge in [0.25, 0.3) is 0 Å². The zero-order chi connectivity index (χ0) is 11.7. The second-order valence-electron chi connectivity index (χ2n) is 7.17. The molecule has 1 heteroatoms. The lowest BCUT2D eigenvalue weighted by atomic mass is 9.51. The van der Waals surface area contributed by atoms with E-state index < -0.39 is 0 Å². The van der Waals surface area contributed by atoms with Crippen molar-refractivity contribution in [2.75, 3.05) is 0 Å². The van der Waals surface area contributed by atoms with Crippen molar-refractivity contribution < 1.29 is 4.79 Å². The largest absolute Gasteiger partial charge is 0.294 e. The lowest BCUT2D eigenvalue weighted by Crippen LogP contribution is -2.46. The van der Waals surface area contributed by atoms with Gasteiger partial charge in [-0.05, 0) is 54.9 Å². The van der Waals surface area contributed by atoms with E-state index in [4.69, 9.17) is 0 Å². The summed E-state index contributed by atoms with van der Waals surface area (Å²) >= 11 is 0. The van der Waals surface area contributed by atoms with E-state index in [0.717, 1.165) is 12.0 Å². The first-order valence-electron chi connectivity index (χ1n) is 6.60. The standard InChI is InChI=1S/C15H22O/c1-9-11-5-6-15(11,4)12-8-14(2,3)7-10(12)13(9)16/h10,12H,5-8H2,1-4H3/t10-,12+,15+/m1/s1. The van der Waals surface area contributed by atoms with Crippen LogP contribution in [0.25, 0.3) is 0 Å². The minimum Gasteiger partial charge on any atom is -0.294 e. The van der Waals surface area contributed by atoms with Crippen molar-refractivity contribution in [2.45, 2.75) is 53.4 Å². The number of fused-ring (bicyclic) bond motifs is 3. The third kappa shape index (κ3) is 1.10. The molecule has 0 spiro atoms. The molecule has 0 N–H and O–H groups in total. The Bertz CT molecular complexity index is 402. The van der Waals surface area contributed by atoms with Crippen molar-refractivity contribution in [1.29, 1.82) is 0 Å². The van der Waals surface area contributed by atoms with E-state index in [1.165, 1.54) is 24.8 Å². The third-order valence-corrected chi connectivity index (χ3v) is 5.59. The monoisotopic (exact) mass is 218 g/mol. The Morgan fingerprint density at radius 1 is 1.19 bits per heavy atom. The van der Waals surface area contributed by atoms with E-state index in [9.17, 15) is 4.79 Å². The summed E-state index contributed by atoms with van der Waals surface area (Å²) in [5.74, 6) is 1.45. The van der Waals surface area contributed by atoms with E-state index in [1.54, 1.807) is 0 Å². The van der Waals surface area contributed by atoms with Crippen LogP contribution in [0.4, 0.5) is 0 Å². The number of rotatable bonds is 0. The predicted octanol–water partition coefficient (Wildman–Crippen LogP) is 3.74. The topological polar surface area (TPSA) is 17.1 Å². The van der Waals surface area contributed by atoms with Crippen LogP contribution in [0.5, 0.6) is 0 Å². The minimum absolute atomic E-state index is 0.337. The van der Waals surface area contributed by atoms with Crippen LogP contribution in [0.1, 0.15) is 53.4 Å². The molecule has 3 aliphatic rings. The lowest BCUT2D eigenvalue weighted by molar-refractivity contribution is -0.123. The molecular formula is C15H22O. The zero-order valence-corrected chi connectivity index (χ0v) is 10.9. The molecule has 0 saturated heterocycles. The van der Waals surface area contributed by atoms with Crippen LogP contribution in [0.2, 0.25) is 0 Å². The molecule has 3 atom stereocenters. The fourth-order valence-electron chi connectivity index (χ4n) is 4.60. The summed E-state index contributed by atoms with van der Waals surface area (Å²) in [7, 11) is 0. The Labute approximate surface area is 98.3 Å². The quantitative estimate of drug-likeness (QED) is 0.605. The van der Waals surface area contributed by atoms with E-state index in [2.05, 4.69) is 27.7 Å². The van der Waals surface area contributed by atoms with Crippen molar-refractivity contribution in [3.05, 3.63) is 11.1 Å². The highest BCUT2D eigenvalue weighted by molar-refractivity contribution is 5.99. The zero-order valence-electron chi connectivity index (χ0n) is 10.9. The molecule has 0 aromatic heterocycles. The van der Waals surface area contributed by atoms with Crippen LogP contribution >= 0.6 is 0 Å². The predicted molar refractivity (Wildman–Crippen MR) is 65.0 cm³/mol. The van der Waals surface area contributed by atoms with Gasteiger partial charge in [0.1, 0.15) is 0 Å². The van der Waals surface area contributed by atoms with Gasteiger partial charge >= 0.3 is 0 Å². The summed E-state index contributed by atoms with van der Waals surface area (Å²) in [6.07, 6.45) is 4.84. The first kappa shape index (κ1) is 10.6. The normalized spacial score (nSPS) is 45.1. The van der Waals surface area contributed by atoms with Crippen molar-refractivity contribution in [3.63, 3.8) is 0 Å². The number of hydrogen-bond donors (Lipinski definition) is 0. The molecule has 0 aliphatic heterocycles. The van der Waals surface area contributed by atoms with Crippen molar-refractivity contribution in [2.24, 2.45) is 22.7 Å². The maximum Gasteiger partial charge on any atom is 0.161 e. The molecule has 3 rings (SSSR count). The summed E-state index contributed by atoms with van der Waals surface area (Å²) in [5, 5.41) is 0.